The Balaban J connectivity index is 0.575. The van der Waals surface area contributed by atoms with E-state index in [1.54, 1.807) is 0 Å². The van der Waals surface area contributed by atoms with Gasteiger partial charge in [-0.05, 0) is 374 Å². The fraction of sp³-hybridized carbons (Fsp3) is 0.0769. The van der Waals surface area contributed by atoms with Crippen molar-refractivity contribution >= 4 is 133 Å². The molecule has 4 aliphatic carbocycles. The fourth-order valence-electron chi connectivity index (χ4n) is 24.3. The summed E-state index contributed by atoms with van der Waals surface area (Å²) in [7, 11) is 0. The van der Waals surface area contributed by atoms with Gasteiger partial charge in [0.2, 0.25) is 0 Å². The van der Waals surface area contributed by atoms with Crippen molar-refractivity contribution in [1.82, 2.24) is 0 Å². The SMILES string of the molecule is Cc1ccc(N(c2ccccc2)c2ccc3c4c(ccc3c2)-c2ccc3cc(N(c5ccccc5)c5ccc(Cc6cccc(N(c7ccc8c9c(ccc8c7)-c7ccc8cc(N(c%10ccccc%10)c%10cc(C)ccc%10C)ccc8c7C97c8ccccc8-c8c7ccc7ccccc87)c7cc(C)ccc7C)c6)cc5C)ccc3c2C42c3ccccc3-c3c2ccc2ccccc32)c(C)c1. The normalized spacial score (nSPS) is 14.5. The second-order valence-electron chi connectivity index (χ2n) is 37.8. The van der Waals surface area contributed by atoms with Gasteiger partial charge in [0.15, 0.2) is 0 Å². The maximum absolute atomic E-state index is 2.51. The number of aryl methyl sites for hydroxylation is 7. The minimum atomic E-state index is -0.670. The van der Waals surface area contributed by atoms with Crippen molar-refractivity contribution in [2.75, 3.05) is 19.6 Å². The minimum absolute atomic E-state index is 0.665. The molecule has 0 aromatic heterocycles. The second kappa shape index (κ2) is 30.3. The molecule has 634 valence electrons. The third-order valence-corrected chi connectivity index (χ3v) is 29.9. The van der Waals surface area contributed by atoms with E-state index < -0.39 is 10.8 Å². The third-order valence-electron chi connectivity index (χ3n) is 29.9. The van der Waals surface area contributed by atoms with Crippen molar-refractivity contribution in [2.24, 2.45) is 0 Å². The highest BCUT2D eigenvalue weighted by molar-refractivity contribution is 6.16. The number of hydrogen-bond acceptors (Lipinski definition) is 4. The number of para-hydroxylation sites is 3. The summed E-state index contributed by atoms with van der Waals surface area (Å²) in [5.41, 5.74) is 44.2. The number of anilines is 12. The lowest BCUT2D eigenvalue weighted by atomic mass is 9.68. The molecule has 2 spiro atoms. The maximum atomic E-state index is 2.51. The highest BCUT2D eigenvalue weighted by atomic mass is 15.2. The Kier molecular flexibility index (Phi) is 17.8. The monoisotopic (exact) mass is 1710 g/mol. The Morgan fingerprint density at radius 3 is 0.925 bits per heavy atom. The van der Waals surface area contributed by atoms with Crippen molar-refractivity contribution in [3.63, 3.8) is 0 Å². The summed E-state index contributed by atoms with van der Waals surface area (Å²) in [5, 5.41) is 14.8. The summed E-state index contributed by atoms with van der Waals surface area (Å²) in [6.07, 6.45) is 0.738. The van der Waals surface area contributed by atoms with Gasteiger partial charge in [-0.3, -0.25) is 0 Å². The molecule has 22 aromatic carbocycles. The van der Waals surface area contributed by atoms with Crippen LogP contribution in [0.4, 0.5) is 68.2 Å². The van der Waals surface area contributed by atoms with Crippen LogP contribution in [0.3, 0.4) is 0 Å². The summed E-state index contributed by atoms with van der Waals surface area (Å²) in [6.45, 7) is 15.6. The highest BCUT2D eigenvalue weighted by Crippen LogP contribution is 2.69. The molecule has 4 aliphatic rings. The molecule has 2 atom stereocenters. The predicted octanol–water partition coefficient (Wildman–Crippen LogP) is 34.9. The van der Waals surface area contributed by atoms with Crippen LogP contribution in [-0.4, -0.2) is 0 Å². The molecule has 26 rings (SSSR count). The Hall–Kier alpha value is -16.4. The highest BCUT2D eigenvalue weighted by Gasteiger charge is 2.56. The van der Waals surface area contributed by atoms with Crippen LogP contribution >= 0.6 is 0 Å². The lowest BCUT2D eigenvalue weighted by Crippen LogP contribution is -2.26. The van der Waals surface area contributed by atoms with Crippen LogP contribution in [0.1, 0.15) is 94.6 Å². The fourth-order valence-corrected chi connectivity index (χ4v) is 24.3. The maximum Gasteiger partial charge on any atom is 0.0737 e. The summed E-state index contributed by atoms with van der Waals surface area (Å²) in [4.78, 5) is 9.86. The molecule has 4 heteroatoms. The molecular weight excluding hydrogens is 1620 g/mol. The Morgan fingerprint density at radius 2 is 0.507 bits per heavy atom. The van der Waals surface area contributed by atoms with Crippen molar-refractivity contribution < 1.29 is 0 Å². The van der Waals surface area contributed by atoms with Gasteiger partial charge in [-0.15, -0.1) is 0 Å². The average molecular weight is 1710 g/mol. The molecule has 0 aliphatic heterocycles. The van der Waals surface area contributed by atoms with Gasteiger partial charge >= 0.3 is 0 Å². The molecule has 0 fully saturated rings. The van der Waals surface area contributed by atoms with Gasteiger partial charge in [0.1, 0.15) is 0 Å². The molecule has 22 aromatic rings. The first kappa shape index (κ1) is 78.6. The first-order valence-corrected chi connectivity index (χ1v) is 47.1. The number of benzene rings is 22. The predicted molar refractivity (Wildman–Crippen MR) is 565 cm³/mol. The zero-order valence-corrected chi connectivity index (χ0v) is 76.0. The average Bonchev–Trinajstić information content (AvgIpc) is 1.49. The number of hydrogen-bond donors (Lipinski definition) is 0. The molecule has 2 unspecified atom stereocenters. The van der Waals surface area contributed by atoms with Crippen molar-refractivity contribution in [3.05, 3.63) is 525 Å². The van der Waals surface area contributed by atoms with E-state index >= 15 is 0 Å². The van der Waals surface area contributed by atoms with Crippen LogP contribution in [0.2, 0.25) is 0 Å². The number of fused-ring (bicyclic) bond motifs is 32. The molecule has 4 nitrogen and oxygen atoms in total. The van der Waals surface area contributed by atoms with E-state index in [0.29, 0.717) is 0 Å². The van der Waals surface area contributed by atoms with E-state index in [1.807, 2.05) is 0 Å². The topological polar surface area (TPSA) is 13.0 Å². The van der Waals surface area contributed by atoms with Crippen molar-refractivity contribution in [3.8, 4) is 44.5 Å². The van der Waals surface area contributed by atoms with E-state index in [9.17, 15) is 0 Å². The lowest BCUT2D eigenvalue weighted by molar-refractivity contribution is 0.810. The zero-order chi connectivity index (χ0) is 89.5. The first-order valence-electron chi connectivity index (χ1n) is 47.1. The quantitative estimate of drug-likeness (QED) is 0.108. The van der Waals surface area contributed by atoms with Crippen molar-refractivity contribution in [2.45, 2.75) is 65.7 Å². The Morgan fingerprint density at radius 1 is 0.179 bits per heavy atom. The van der Waals surface area contributed by atoms with E-state index in [2.05, 4.69) is 499 Å². The zero-order valence-electron chi connectivity index (χ0n) is 76.0. The van der Waals surface area contributed by atoms with Gasteiger partial charge in [0, 0.05) is 68.2 Å². The van der Waals surface area contributed by atoms with Crippen molar-refractivity contribution in [1.29, 1.82) is 0 Å². The summed E-state index contributed by atoms with van der Waals surface area (Å²) in [6, 6.07) is 164. The smallest absolute Gasteiger partial charge is 0.0737 e. The van der Waals surface area contributed by atoms with Gasteiger partial charge in [-0.1, -0.05) is 315 Å². The van der Waals surface area contributed by atoms with Gasteiger partial charge in [0.25, 0.3) is 0 Å². The molecule has 0 radical (unpaired) electrons. The molecule has 0 N–H and O–H groups in total. The van der Waals surface area contributed by atoms with Gasteiger partial charge in [-0.25, -0.2) is 0 Å². The minimum Gasteiger partial charge on any atom is -0.310 e. The van der Waals surface area contributed by atoms with E-state index in [-0.39, 0.29) is 0 Å². The van der Waals surface area contributed by atoms with Crippen LogP contribution in [0.25, 0.3) is 109 Å². The molecule has 0 heterocycles. The summed E-state index contributed by atoms with van der Waals surface area (Å²) < 4.78 is 0. The van der Waals surface area contributed by atoms with Gasteiger partial charge < -0.3 is 19.6 Å². The lowest BCUT2D eigenvalue weighted by Gasteiger charge is -2.33. The van der Waals surface area contributed by atoms with Crippen LogP contribution in [-0.2, 0) is 17.3 Å². The first-order chi connectivity index (χ1) is 65.8. The van der Waals surface area contributed by atoms with E-state index in [1.165, 1.54) is 215 Å². The van der Waals surface area contributed by atoms with Gasteiger partial charge in [-0.2, -0.15) is 0 Å². The second-order valence-corrected chi connectivity index (χ2v) is 37.8. The van der Waals surface area contributed by atoms with E-state index in [0.717, 1.165) is 63.3 Å². The molecule has 134 heavy (non-hydrogen) atoms. The van der Waals surface area contributed by atoms with Crippen LogP contribution in [0, 0.1) is 48.5 Å². The standard InChI is InChI=1S/C130H94N4/c1-80-44-68-119(85(6)70-80)131(95-29-11-8-12-30-95)99-54-62-105-91(76-99)48-58-109-110-59-49-92-77-100(55-63-106(92)126(110)129(125(105)109)115-40-23-21-38-113(115)123-103-36-19-17-27-89(103)52-66-117(123)129)132(96-31-13-9-14-32-96)120-69-47-88(73-86(120)7)74-87-26-25-35-98(75-87)134(122-72-82(3)43-46-84(122)5)102-57-65-108-94(79-102)51-61-112-111-60-50-93-78-101(133(97-33-15-10-16-34-97)121-71-81(2)42-45-83(121)4)56-64-107(93)127(111)130(128(108)112)116-41-24-22-39-114(116)124-104-37-20-18-28-90(104)53-67-118(124)130/h8-73,75-79H,74H2,1-7H3. The summed E-state index contributed by atoms with van der Waals surface area (Å²) >= 11 is 0. The van der Waals surface area contributed by atoms with Gasteiger partial charge in [0.05, 0.1) is 10.8 Å². The third kappa shape index (κ3) is 11.7. The molecule has 0 saturated carbocycles. The largest absolute Gasteiger partial charge is 0.310 e. The number of nitrogens with zero attached hydrogens (tertiary/aromatic N) is 4. The molecule has 0 saturated heterocycles. The molecule has 0 bridgehead atoms. The molecule has 0 amide bonds. The van der Waals surface area contributed by atoms with Crippen LogP contribution in [0.15, 0.2) is 431 Å². The Labute approximate surface area is 782 Å². The Bertz CT molecular complexity index is 8720. The van der Waals surface area contributed by atoms with Crippen LogP contribution < -0.4 is 19.6 Å². The van der Waals surface area contributed by atoms with Crippen LogP contribution in [0.5, 0.6) is 0 Å². The molecular formula is C130H94N4. The van der Waals surface area contributed by atoms with E-state index in [4.69, 9.17) is 0 Å². The summed E-state index contributed by atoms with van der Waals surface area (Å²) in [5.74, 6) is 0. The number of rotatable bonds is 14.